The van der Waals surface area contributed by atoms with Crippen LogP contribution in [0.1, 0.15) is 25.7 Å². The number of aliphatic imine (C=N–C) groups is 1. The minimum Gasteiger partial charge on any atom is -0.356 e. The predicted molar refractivity (Wildman–Crippen MR) is 78.6 cm³/mol. The fourth-order valence-electron chi connectivity index (χ4n) is 2.17. The van der Waals surface area contributed by atoms with E-state index in [2.05, 4.69) is 20.5 Å². The molecule has 0 spiro atoms. The van der Waals surface area contributed by atoms with Gasteiger partial charge < -0.3 is 15.5 Å². The lowest BCUT2D eigenvalue weighted by molar-refractivity contribution is 0.334. The summed E-state index contributed by atoms with van der Waals surface area (Å²) in [6.45, 7) is 6.93. The molecule has 94 valence electrons. The van der Waals surface area contributed by atoms with E-state index in [0.29, 0.717) is 0 Å². The predicted octanol–water partition coefficient (Wildman–Crippen LogP) is 1.03. The Morgan fingerprint density at radius 3 is 2.75 bits per heavy atom. The molecule has 0 bridgehead atoms. The molecule has 1 saturated heterocycles. The maximum atomic E-state index is 4.38. The van der Waals surface area contributed by atoms with Gasteiger partial charge >= 0.3 is 0 Å². The summed E-state index contributed by atoms with van der Waals surface area (Å²) >= 11 is 0. The van der Waals surface area contributed by atoms with E-state index in [1.165, 1.54) is 45.3 Å². The number of rotatable bonds is 4. The number of nitrogens with one attached hydrogen (secondary N) is 2. The second kappa shape index (κ2) is 8.11. The largest absolute Gasteiger partial charge is 0.356 e. The van der Waals surface area contributed by atoms with Gasteiger partial charge in [-0.05, 0) is 45.3 Å². The molecule has 2 rings (SSSR count). The second-order valence-corrected chi connectivity index (χ2v) is 4.34. The van der Waals surface area contributed by atoms with Crippen molar-refractivity contribution < 1.29 is 0 Å². The van der Waals surface area contributed by atoms with Crippen LogP contribution < -0.4 is 10.6 Å². The summed E-state index contributed by atoms with van der Waals surface area (Å²) < 4.78 is 0. The van der Waals surface area contributed by atoms with E-state index in [-0.39, 0.29) is 24.0 Å². The molecule has 16 heavy (non-hydrogen) atoms. The Labute approximate surface area is 115 Å². The third kappa shape index (κ3) is 4.86. The first kappa shape index (κ1) is 14.0. The molecule has 4 nitrogen and oxygen atoms in total. The Hall–Kier alpha value is -0.0400. The molecule has 0 unspecified atom stereocenters. The Bertz CT molecular complexity index is 214. The maximum absolute atomic E-state index is 4.38. The highest BCUT2D eigenvalue weighted by molar-refractivity contribution is 14.0. The van der Waals surface area contributed by atoms with Crippen molar-refractivity contribution in [3.8, 4) is 0 Å². The van der Waals surface area contributed by atoms with Crippen molar-refractivity contribution in [1.82, 2.24) is 15.5 Å². The summed E-state index contributed by atoms with van der Waals surface area (Å²) in [4.78, 5) is 6.93. The molecule has 0 aromatic carbocycles. The molecule has 2 N–H and O–H groups in total. The number of hydrogen-bond donors (Lipinski definition) is 2. The number of guanidine groups is 1. The number of likely N-dealkylation sites (tertiary alicyclic amines) is 1. The van der Waals surface area contributed by atoms with Gasteiger partial charge in [-0.25, -0.2) is 0 Å². The van der Waals surface area contributed by atoms with Gasteiger partial charge in [0.25, 0.3) is 0 Å². The van der Waals surface area contributed by atoms with Gasteiger partial charge in [-0.1, -0.05) is 0 Å². The Balaban J connectivity index is 0.00000128. The average Bonchev–Trinajstić information content (AvgIpc) is 2.79. The lowest BCUT2D eigenvalue weighted by Crippen LogP contribution is -2.41. The van der Waals surface area contributed by atoms with Crippen molar-refractivity contribution in [2.75, 3.05) is 39.3 Å². The fraction of sp³-hybridized carbons (Fsp3) is 0.909. The van der Waals surface area contributed by atoms with Crippen molar-refractivity contribution in [2.45, 2.75) is 25.7 Å². The normalized spacial score (nSPS) is 20.9. The van der Waals surface area contributed by atoms with Gasteiger partial charge in [0.2, 0.25) is 0 Å². The number of nitrogens with zero attached hydrogens (tertiary/aromatic N) is 2. The Morgan fingerprint density at radius 2 is 2.06 bits per heavy atom. The Kier molecular flexibility index (Phi) is 7.11. The molecule has 0 amide bonds. The second-order valence-electron chi connectivity index (χ2n) is 4.34. The molecule has 2 heterocycles. The van der Waals surface area contributed by atoms with Gasteiger partial charge in [0.05, 0.1) is 0 Å². The lowest BCUT2D eigenvalue weighted by atomic mass is 10.3. The van der Waals surface area contributed by atoms with Gasteiger partial charge in [-0.3, -0.25) is 4.99 Å². The molecule has 5 heteroatoms. The van der Waals surface area contributed by atoms with Crippen LogP contribution in [0.4, 0.5) is 0 Å². The molecule has 0 aromatic heterocycles. The minimum atomic E-state index is 0. The highest BCUT2D eigenvalue weighted by atomic mass is 127. The van der Waals surface area contributed by atoms with Gasteiger partial charge in [-0.15, -0.1) is 24.0 Å². The molecule has 1 fully saturated rings. The zero-order valence-corrected chi connectivity index (χ0v) is 12.2. The SMILES string of the molecule is C1CN=C(NCCCN2CCCC2)NC1.I. The standard InChI is InChI=1S/C11H22N4.HI/c1-2-9-15(8-1)10-4-7-14-11-12-5-3-6-13-11;/h1-10H2,(H2,12,13,14);1H. The van der Waals surface area contributed by atoms with E-state index < -0.39 is 0 Å². The summed E-state index contributed by atoms with van der Waals surface area (Å²) in [7, 11) is 0. The van der Waals surface area contributed by atoms with Crippen LogP contribution in [0, 0.1) is 0 Å². The van der Waals surface area contributed by atoms with Crippen LogP contribution in [0.5, 0.6) is 0 Å². The molecule has 0 aliphatic carbocycles. The topological polar surface area (TPSA) is 39.7 Å². The Morgan fingerprint density at radius 1 is 1.25 bits per heavy atom. The fourth-order valence-corrected chi connectivity index (χ4v) is 2.17. The van der Waals surface area contributed by atoms with Crippen molar-refractivity contribution >= 4 is 29.9 Å². The summed E-state index contributed by atoms with van der Waals surface area (Å²) in [5.41, 5.74) is 0. The molecule has 0 radical (unpaired) electrons. The van der Waals surface area contributed by atoms with Crippen LogP contribution in [-0.4, -0.2) is 50.1 Å². The third-order valence-corrected chi connectivity index (χ3v) is 3.04. The van der Waals surface area contributed by atoms with E-state index in [4.69, 9.17) is 0 Å². The van der Waals surface area contributed by atoms with E-state index in [0.717, 1.165) is 25.6 Å². The first-order valence-electron chi connectivity index (χ1n) is 6.20. The summed E-state index contributed by atoms with van der Waals surface area (Å²) in [5, 5.41) is 6.63. The van der Waals surface area contributed by atoms with Gasteiger partial charge in [0.1, 0.15) is 0 Å². The van der Waals surface area contributed by atoms with Crippen molar-refractivity contribution in [1.29, 1.82) is 0 Å². The lowest BCUT2D eigenvalue weighted by Gasteiger charge is -2.17. The van der Waals surface area contributed by atoms with E-state index >= 15 is 0 Å². The molecule has 2 aliphatic rings. The van der Waals surface area contributed by atoms with Crippen molar-refractivity contribution in [2.24, 2.45) is 4.99 Å². The summed E-state index contributed by atoms with van der Waals surface area (Å²) in [6, 6.07) is 0. The van der Waals surface area contributed by atoms with Crippen LogP contribution in [0.3, 0.4) is 0 Å². The van der Waals surface area contributed by atoms with Crippen LogP contribution in [0.25, 0.3) is 0 Å². The molecule has 2 aliphatic heterocycles. The zero-order valence-electron chi connectivity index (χ0n) is 9.87. The molecular formula is C11H23IN4. The molecule has 0 aromatic rings. The molecular weight excluding hydrogens is 315 g/mol. The van der Waals surface area contributed by atoms with Crippen LogP contribution >= 0.6 is 24.0 Å². The van der Waals surface area contributed by atoms with Gasteiger partial charge in [0.15, 0.2) is 5.96 Å². The molecule has 0 atom stereocenters. The van der Waals surface area contributed by atoms with Crippen LogP contribution in [0.2, 0.25) is 0 Å². The average molecular weight is 338 g/mol. The monoisotopic (exact) mass is 338 g/mol. The van der Waals surface area contributed by atoms with Gasteiger partial charge in [0, 0.05) is 19.6 Å². The summed E-state index contributed by atoms with van der Waals surface area (Å²) in [6.07, 6.45) is 5.17. The third-order valence-electron chi connectivity index (χ3n) is 3.04. The zero-order chi connectivity index (χ0) is 10.3. The van der Waals surface area contributed by atoms with E-state index in [1.807, 2.05) is 0 Å². The van der Waals surface area contributed by atoms with Crippen LogP contribution in [0.15, 0.2) is 4.99 Å². The van der Waals surface area contributed by atoms with Crippen molar-refractivity contribution in [3.05, 3.63) is 0 Å². The summed E-state index contributed by atoms with van der Waals surface area (Å²) in [5.74, 6) is 1.00. The van der Waals surface area contributed by atoms with Gasteiger partial charge in [-0.2, -0.15) is 0 Å². The number of halogens is 1. The minimum absolute atomic E-state index is 0. The molecule has 0 saturated carbocycles. The quantitative estimate of drug-likeness (QED) is 0.594. The first-order chi connectivity index (χ1) is 7.45. The van der Waals surface area contributed by atoms with Crippen LogP contribution in [-0.2, 0) is 0 Å². The highest BCUT2D eigenvalue weighted by Gasteiger charge is 2.10. The number of hydrogen-bond acceptors (Lipinski definition) is 4. The van der Waals surface area contributed by atoms with Crippen molar-refractivity contribution in [3.63, 3.8) is 0 Å². The van der Waals surface area contributed by atoms with E-state index in [9.17, 15) is 0 Å². The highest BCUT2D eigenvalue weighted by Crippen LogP contribution is 2.06. The van der Waals surface area contributed by atoms with E-state index in [1.54, 1.807) is 0 Å². The smallest absolute Gasteiger partial charge is 0.191 e. The first-order valence-corrected chi connectivity index (χ1v) is 6.20. The maximum Gasteiger partial charge on any atom is 0.191 e.